The van der Waals surface area contributed by atoms with E-state index in [1.54, 1.807) is 12.1 Å². The van der Waals surface area contributed by atoms with E-state index < -0.39 is 5.91 Å². The minimum atomic E-state index is -0.726. The van der Waals surface area contributed by atoms with Gasteiger partial charge in [0.15, 0.2) is 0 Å². The van der Waals surface area contributed by atoms with Crippen LogP contribution in [0.5, 0.6) is 5.75 Å². The quantitative estimate of drug-likeness (QED) is 0.702. The zero-order valence-electron chi connectivity index (χ0n) is 11.6. The summed E-state index contributed by atoms with van der Waals surface area (Å²) in [5.41, 5.74) is 8.87. The van der Waals surface area contributed by atoms with Crippen LogP contribution < -0.4 is 10.5 Å². The second-order valence-corrected chi connectivity index (χ2v) is 5.68. The number of rotatable bonds is 7. The van der Waals surface area contributed by atoms with Crippen LogP contribution in [0.4, 0.5) is 0 Å². The van der Waals surface area contributed by atoms with Gasteiger partial charge < -0.3 is 4.74 Å². The Kier molecular flexibility index (Phi) is 5.81. The zero-order chi connectivity index (χ0) is 15.1. The van der Waals surface area contributed by atoms with Crippen molar-refractivity contribution in [3.05, 3.63) is 64.1 Å². The zero-order valence-corrected chi connectivity index (χ0v) is 13.2. The standard InChI is InChI=1S/C17H17BrNO2/c18-14-9-10-16(15(12-14)17(19)20)21-11-5-4-8-13-6-2-1-3-7-13/h1-3,6-7,9-10,12,19H,4-5,8,11H2. The molecule has 0 unspecified atom stereocenters. The Morgan fingerprint density at radius 2 is 1.86 bits per heavy atom. The molecule has 0 bridgehead atoms. The molecule has 2 aromatic carbocycles. The molecule has 21 heavy (non-hydrogen) atoms. The number of amides is 1. The van der Waals surface area contributed by atoms with E-state index >= 15 is 0 Å². The molecule has 0 atom stereocenters. The van der Waals surface area contributed by atoms with Crippen LogP contribution in [0.3, 0.4) is 0 Å². The summed E-state index contributed by atoms with van der Waals surface area (Å²) in [6.07, 6.45) is 2.97. The Balaban J connectivity index is 1.80. The largest absolute Gasteiger partial charge is 0.493 e. The highest BCUT2D eigenvalue weighted by atomic mass is 79.9. The van der Waals surface area contributed by atoms with E-state index in [1.807, 2.05) is 24.3 Å². The minimum absolute atomic E-state index is 0.299. The molecule has 1 amide bonds. The van der Waals surface area contributed by atoms with Gasteiger partial charge in [0.05, 0.1) is 12.2 Å². The Bertz CT molecular complexity index is 599. The lowest BCUT2D eigenvalue weighted by Gasteiger charge is -2.09. The van der Waals surface area contributed by atoms with Crippen molar-refractivity contribution in [1.29, 1.82) is 0 Å². The molecule has 0 aliphatic rings. The molecule has 4 heteroatoms. The maximum absolute atomic E-state index is 11.3. The van der Waals surface area contributed by atoms with E-state index in [-0.39, 0.29) is 0 Å². The second-order valence-electron chi connectivity index (χ2n) is 4.76. The molecule has 0 saturated carbocycles. The first-order chi connectivity index (χ1) is 10.2. The van der Waals surface area contributed by atoms with Crippen molar-refractivity contribution in [2.75, 3.05) is 6.61 Å². The van der Waals surface area contributed by atoms with E-state index in [1.165, 1.54) is 5.56 Å². The van der Waals surface area contributed by atoms with Crippen LogP contribution in [0.25, 0.3) is 0 Å². The van der Waals surface area contributed by atoms with Crippen LogP contribution in [0.15, 0.2) is 53.0 Å². The molecule has 2 aromatic rings. The smallest absolute Gasteiger partial charge is 0.273 e. The number of ether oxygens (including phenoxy) is 1. The molecule has 0 spiro atoms. The number of halogens is 1. The molecule has 0 fully saturated rings. The Morgan fingerprint density at radius 3 is 2.57 bits per heavy atom. The molecule has 0 heterocycles. The van der Waals surface area contributed by atoms with Crippen LogP contribution >= 0.6 is 15.9 Å². The van der Waals surface area contributed by atoms with Gasteiger partial charge in [0.1, 0.15) is 5.75 Å². The summed E-state index contributed by atoms with van der Waals surface area (Å²) in [4.78, 5) is 11.3. The fourth-order valence-corrected chi connectivity index (χ4v) is 2.42. The van der Waals surface area contributed by atoms with E-state index in [4.69, 9.17) is 10.5 Å². The number of unbranched alkanes of at least 4 members (excludes halogenated alkanes) is 1. The van der Waals surface area contributed by atoms with E-state index in [2.05, 4.69) is 28.1 Å². The summed E-state index contributed by atoms with van der Waals surface area (Å²) >= 11 is 3.29. The van der Waals surface area contributed by atoms with Gasteiger partial charge >= 0.3 is 0 Å². The van der Waals surface area contributed by atoms with E-state index in [9.17, 15) is 4.79 Å². The van der Waals surface area contributed by atoms with Gasteiger partial charge in [-0.1, -0.05) is 46.3 Å². The highest BCUT2D eigenvalue weighted by molar-refractivity contribution is 9.10. The van der Waals surface area contributed by atoms with Crippen molar-refractivity contribution in [2.45, 2.75) is 19.3 Å². The van der Waals surface area contributed by atoms with Gasteiger partial charge in [-0.25, -0.2) is 0 Å². The highest BCUT2D eigenvalue weighted by Crippen LogP contribution is 2.23. The Labute approximate surface area is 133 Å². The SMILES string of the molecule is [NH]C(=O)c1cc(Br)ccc1OCCCCc1ccccc1. The maximum Gasteiger partial charge on any atom is 0.273 e. The van der Waals surface area contributed by atoms with Crippen LogP contribution in [0, 0.1) is 0 Å². The Morgan fingerprint density at radius 1 is 1.10 bits per heavy atom. The molecule has 0 saturated heterocycles. The number of benzene rings is 2. The average Bonchev–Trinajstić information content (AvgIpc) is 2.49. The Hall–Kier alpha value is -1.81. The first-order valence-electron chi connectivity index (χ1n) is 6.89. The third-order valence-electron chi connectivity index (χ3n) is 3.15. The summed E-state index contributed by atoms with van der Waals surface area (Å²) in [7, 11) is 0. The minimum Gasteiger partial charge on any atom is -0.493 e. The van der Waals surface area contributed by atoms with Crippen molar-refractivity contribution >= 4 is 21.8 Å². The predicted octanol–water partition coefficient (Wildman–Crippen LogP) is 4.27. The number of carbonyl (C=O) groups is 1. The van der Waals surface area contributed by atoms with Gasteiger partial charge in [0.25, 0.3) is 5.91 Å². The number of hydrogen-bond donors (Lipinski definition) is 0. The van der Waals surface area contributed by atoms with Gasteiger partial charge in [0, 0.05) is 4.47 Å². The number of aryl methyl sites for hydroxylation is 1. The van der Waals surface area contributed by atoms with E-state index in [0.29, 0.717) is 17.9 Å². The molecular weight excluding hydrogens is 330 g/mol. The molecule has 0 aromatic heterocycles. The lowest BCUT2D eigenvalue weighted by molar-refractivity contribution is 0.0988. The molecule has 3 nitrogen and oxygen atoms in total. The van der Waals surface area contributed by atoms with Crippen LogP contribution in [0.2, 0.25) is 0 Å². The van der Waals surface area contributed by atoms with Crippen LogP contribution in [0.1, 0.15) is 28.8 Å². The van der Waals surface area contributed by atoms with Gasteiger partial charge in [-0.2, -0.15) is 0 Å². The van der Waals surface area contributed by atoms with Crippen molar-refractivity contribution in [3.8, 4) is 5.75 Å². The van der Waals surface area contributed by atoms with E-state index in [0.717, 1.165) is 23.7 Å². The van der Waals surface area contributed by atoms with Gasteiger partial charge in [-0.15, -0.1) is 0 Å². The van der Waals surface area contributed by atoms with Crippen LogP contribution in [-0.4, -0.2) is 12.5 Å². The molecule has 109 valence electrons. The lowest BCUT2D eigenvalue weighted by Crippen LogP contribution is -2.06. The van der Waals surface area contributed by atoms with Crippen molar-refractivity contribution in [2.24, 2.45) is 0 Å². The van der Waals surface area contributed by atoms with Crippen molar-refractivity contribution in [3.63, 3.8) is 0 Å². The second kappa shape index (κ2) is 7.84. The summed E-state index contributed by atoms with van der Waals surface area (Å²) < 4.78 is 6.40. The molecule has 0 aliphatic heterocycles. The third kappa shape index (κ3) is 4.90. The molecule has 1 radical (unpaired) electrons. The summed E-state index contributed by atoms with van der Waals surface area (Å²) in [5, 5.41) is 0. The molecule has 0 aliphatic carbocycles. The fourth-order valence-electron chi connectivity index (χ4n) is 2.06. The average molecular weight is 347 g/mol. The summed E-state index contributed by atoms with van der Waals surface area (Å²) in [5.74, 6) is -0.242. The summed E-state index contributed by atoms with van der Waals surface area (Å²) in [6.45, 7) is 0.550. The first-order valence-corrected chi connectivity index (χ1v) is 7.68. The summed E-state index contributed by atoms with van der Waals surface area (Å²) in [6, 6.07) is 15.5. The first kappa shape index (κ1) is 15.6. The highest BCUT2D eigenvalue weighted by Gasteiger charge is 2.10. The van der Waals surface area contributed by atoms with Crippen molar-refractivity contribution < 1.29 is 9.53 Å². The molecule has 1 N–H and O–H groups in total. The third-order valence-corrected chi connectivity index (χ3v) is 3.64. The number of hydrogen-bond acceptors (Lipinski definition) is 2. The number of nitrogens with one attached hydrogen (secondary N) is 1. The monoisotopic (exact) mass is 346 g/mol. The molecule has 2 rings (SSSR count). The van der Waals surface area contributed by atoms with Crippen LogP contribution in [-0.2, 0) is 6.42 Å². The topological polar surface area (TPSA) is 50.1 Å². The lowest BCUT2D eigenvalue weighted by atomic mass is 10.1. The van der Waals surface area contributed by atoms with Gasteiger partial charge in [-0.3, -0.25) is 10.5 Å². The fraction of sp³-hybridized carbons (Fsp3) is 0.235. The van der Waals surface area contributed by atoms with Gasteiger partial charge in [-0.05, 0) is 43.0 Å². The predicted molar refractivity (Wildman–Crippen MR) is 86.4 cm³/mol. The number of carbonyl (C=O) groups excluding carboxylic acids is 1. The van der Waals surface area contributed by atoms with Crippen molar-refractivity contribution in [1.82, 2.24) is 5.73 Å². The molecular formula is C17H17BrNO2. The maximum atomic E-state index is 11.3. The van der Waals surface area contributed by atoms with Gasteiger partial charge in [0.2, 0.25) is 0 Å². The normalized spacial score (nSPS) is 10.3.